The first kappa shape index (κ1) is 14.8. The monoisotopic (exact) mass is 266 g/mol. The number of hydrogen-bond donors (Lipinski definition) is 2. The Morgan fingerprint density at radius 1 is 1.17 bits per heavy atom. The molecule has 0 aliphatic carbocycles. The fourth-order valence-corrected chi connectivity index (χ4v) is 1.73. The van der Waals surface area contributed by atoms with E-state index >= 15 is 0 Å². The second kappa shape index (κ2) is 7.21. The molecule has 18 heavy (non-hydrogen) atoms. The molecule has 1 aromatic carbocycles. The molecule has 0 saturated heterocycles. The third-order valence-electron chi connectivity index (χ3n) is 2.79. The van der Waals surface area contributed by atoms with Crippen molar-refractivity contribution in [2.24, 2.45) is 0 Å². The molecule has 0 aliphatic rings. The average molecular weight is 267 g/mol. The molecule has 2 atom stereocenters. The van der Waals surface area contributed by atoms with Crippen LogP contribution >= 0.6 is 0 Å². The fourth-order valence-electron chi connectivity index (χ4n) is 1.73. The Morgan fingerprint density at radius 2 is 1.89 bits per heavy atom. The van der Waals surface area contributed by atoms with Gasteiger partial charge in [-0.05, 0) is 24.6 Å². The van der Waals surface area contributed by atoms with Crippen LogP contribution in [-0.4, -0.2) is 11.1 Å². The minimum absolute atomic E-state index is 0. The van der Waals surface area contributed by atoms with Gasteiger partial charge in [-0.15, -0.1) is 0 Å². The molecular formula is C14H17ClNO2-. The van der Waals surface area contributed by atoms with Gasteiger partial charge in [-0.1, -0.05) is 30.3 Å². The quantitative estimate of drug-likeness (QED) is 0.767. The van der Waals surface area contributed by atoms with Crippen molar-refractivity contribution < 1.29 is 21.9 Å². The Bertz CT molecular complexity index is 430. The summed E-state index contributed by atoms with van der Waals surface area (Å²) in [5.41, 5.74) is 0.923. The maximum absolute atomic E-state index is 10.1. The Labute approximate surface area is 113 Å². The minimum atomic E-state index is -0.508. The van der Waals surface area contributed by atoms with E-state index in [0.29, 0.717) is 6.54 Å². The highest BCUT2D eigenvalue weighted by molar-refractivity contribution is 5.18. The van der Waals surface area contributed by atoms with Crippen molar-refractivity contribution in [3.8, 4) is 0 Å². The number of rotatable bonds is 5. The summed E-state index contributed by atoms with van der Waals surface area (Å²) < 4.78 is 5.23. The number of nitrogens with one attached hydrogen (secondary N) is 1. The Balaban J connectivity index is 0.00000162. The van der Waals surface area contributed by atoms with Crippen LogP contribution in [0.1, 0.15) is 24.4 Å². The van der Waals surface area contributed by atoms with E-state index in [-0.39, 0.29) is 18.4 Å². The second-order valence-corrected chi connectivity index (χ2v) is 4.10. The molecule has 0 aliphatic heterocycles. The number of benzene rings is 1. The molecule has 1 aromatic heterocycles. The topological polar surface area (TPSA) is 45.4 Å². The zero-order valence-corrected chi connectivity index (χ0v) is 11.0. The lowest BCUT2D eigenvalue weighted by Crippen LogP contribution is -3.00. The summed E-state index contributed by atoms with van der Waals surface area (Å²) in [6.07, 6.45) is 1.14. The lowest BCUT2D eigenvalue weighted by Gasteiger charge is -2.20. The molecule has 0 radical (unpaired) electrons. The van der Waals surface area contributed by atoms with E-state index < -0.39 is 6.10 Å². The summed E-state index contributed by atoms with van der Waals surface area (Å²) in [6.45, 7) is 2.58. The van der Waals surface area contributed by atoms with Crippen LogP contribution in [0.25, 0.3) is 0 Å². The van der Waals surface area contributed by atoms with Crippen molar-refractivity contribution in [3.63, 3.8) is 0 Å². The third-order valence-corrected chi connectivity index (χ3v) is 2.79. The predicted octanol–water partition coefficient (Wildman–Crippen LogP) is -0.505. The normalized spacial score (nSPS) is 13.7. The molecular weight excluding hydrogens is 250 g/mol. The second-order valence-electron chi connectivity index (χ2n) is 4.10. The zero-order chi connectivity index (χ0) is 12.1. The van der Waals surface area contributed by atoms with E-state index in [1.54, 1.807) is 6.26 Å². The molecule has 2 rings (SSSR count). The van der Waals surface area contributed by atoms with Gasteiger partial charge in [0.1, 0.15) is 5.76 Å². The van der Waals surface area contributed by atoms with E-state index in [4.69, 9.17) is 4.42 Å². The van der Waals surface area contributed by atoms with Crippen molar-refractivity contribution in [2.75, 3.05) is 0 Å². The van der Waals surface area contributed by atoms with Crippen LogP contribution in [0.3, 0.4) is 0 Å². The minimum Gasteiger partial charge on any atom is -1.00 e. The molecule has 0 bridgehead atoms. The van der Waals surface area contributed by atoms with Crippen LogP contribution < -0.4 is 17.7 Å². The van der Waals surface area contributed by atoms with E-state index in [0.717, 1.165) is 11.3 Å². The number of halogens is 1. The third kappa shape index (κ3) is 3.88. The maximum atomic E-state index is 10.1. The van der Waals surface area contributed by atoms with Crippen molar-refractivity contribution >= 4 is 0 Å². The molecule has 98 valence electrons. The van der Waals surface area contributed by atoms with Crippen molar-refractivity contribution in [3.05, 3.63) is 60.1 Å². The van der Waals surface area contributed by atoms with Gasteiger partial charge in [-0.3, -0.25) is 0 Å². The van der Waals surface area contributed by atoms with Crippen LogP contribution in [0, 0.1) is 0 Å². The van der Waals surface area contributed by atoms with Gasteiger partial charge in [-0.25, -0.2) is 0 Å². The Morgan fingerprint density at radius 3 is 2.50 bits per heavy atom. The molecule has 2 unspecified atom stereocenters. The van der Waals surface area contributed by atoms with Gasteiger partial charge in [0, 0.05) is 6.04 Å². The lowest BCUT2D eigenvalue weighted by atomic mass is 10.0. The van der Waals surface area contributed by atoms with Gasteiger partial charge >= 0.3 is 0 Å². The summed E-state index contributed by atoms with van der Waals surface area (Å²) in [7, 11) is 0. The highest BCUT2D eigenvalue weighted by atomic mass is 35.5. The molecule has 0 fully saturated rings. The van der Waals surface area contributed by atoms with Gasteiger partial charge in [0.15, 0.2) is 0 Å². The van der Waals surface area contributed by atoms with Crippen LogP contribution in [0.4, 0.5) is 0 Å². The largest absolute Gasteiger partial charge is 1.00 e. The summed E-state index contributed by atoms with van der Waals surface area (Å²) in [5.74, 6) is 0.872. The molecule has 0 amide bonds. The van der Waals surface area contributed by atoms with Crippen LogP contribution in [0.15, 0.2) is 53.1 Å². The lowest BCUT2D eigenvalue weighted by molar-refractivity contribution is -0.00000555. The van der Waals surface area contributed by atoms with E-state index in [1.165, 1.54) is 0 Å². The molecule has 2 N–H and O–H groups in total. The smallest absolute Gasteiger partial charge is 0.117 e. The molecule has 0 spiro atoms. The number of aliphatic hydroxyl groups excluding tert-OH is 1. The van der Waals surface area contributed by atoms with Crippen LogP contribution in [0.2, 0.25) is 0 Å². The fraction of sp³-hybridized carbons (Fsp3) is 0.286. The first-order valence-electron chi connectivity index (χ1n) is 5.76. The zero-order valence-electron chi connectivity index (χ0n) is 10.2. The highest BCUT2D eigenvalue weighted by Crippen LogP contribution is 2.16. The van der Waals surface area contributed by atoms with Crippen LogP contribution in [-0.2, 0) is 6.54 Å². The van der Waals surface area contributed by atoms with Gasteiger partial charge in [0.05, 0.1) is 18.9 Å². The van der Waals surface area contributed by atoms with Crippen molar-refractivity contribution in [1.82, 2.24) is 5.32 Å². The highest BCUT2D eigenvalue weighted by Gasteiger charge is 2.15. The van der Waals surface area contributed by atoms with E-state index in [9.17, 15) is 5.11 Å². The van der Waals surface area contributed by atoms with Gasteiger partial charge in [0.25, 0.3) is 0 Å². The average Bonchev–Trinajstić information content (AvgIpc) is 2.89. The SMILES string of the molecule is CC(NCc1ccco1)C(O)c1ccccc1.[Cl-]. The first-order chi connectivity index (χ1) is 8.27. The standard InChI is InChI=1S/C14H17NO2.ClH/c1-11(15-10-13-8-5-9-17-13)14(16)12-6-3-2-4-7-12;/h2-9,11,14-16H,10H2,1H3;1H/p-1. The van der Waals surface area contributed by atoms with Crippen LogP contribution in [0.5, 0.6) is 0 Å². The summed E-state index contributed by atoms with van der Waals surface area (Å²) in [4.78, 5) is 0. The number of hydrogen-bond acceptors (Lipinski definition) is 3. The predicted molar refractivity (Wildman–Crippen MR) is 66.4 cm³/mol. The Hall–Kier alpha value is -1.29. The van der Waals surface area contributed by atoms with Crippen molar-refractivity contribution in [2.45, 2.75) is 25.6 Å². The Kier molecular flexibility index (Phi) is 5.92. The number of aliphatic hydroxyl groups is 1. The van der Waals surface area contributed by atoms with E-state index in [1.807, 2.05) is 49.4 Å². The first-order valence-corrected chi connectivity index (χ1v) is 5.76. The molecule has 4 heteroatoms. The van der Waals surface area contributed by atoms with Gasteiger partial charge in [-0.2, -0.15) is 0 Å². The molecule has 0 saturated carbocycles. The van der Waals surface area contributed by atoms with Crippen molar-refractivity contribution in [1.29, 1.82) is 0 Å². The summed E-state index contributed by atoms with van der Waals surface area (Å²) >= 11 is 0. The molecule has 2 aromatic rings. The van der Waals surface area contributed by atoms with Gasteiger partial charge < -0.3 is 27.2 Å². The van der Waals surface area contributed by atoms with E-state index in [2.05, 4.69) is 5.32 Å². The molecule has 3 nitrogen and oxygen atoms in total. The van der Waals surface area contributed by atoms with Gasteiger partial charge in [0.2, 0.25) is 0 Å². The summed E-state index contributed by atoms with van der Waals surface area (Å²) in [5, 5.41) is 13.4. The molecule has 1 heterocycles. The summed E-state index contributed by atoms with van der Waals surface area (Å²) in [6, 6.07) is 13.4. The maximum Gasteiger partial charge on any atom is 0.117 e. The number of furan rings is 1.